The van der Waals surface area contributed by atoms with Crippen LogP contribution in [-0.2, 0) is 4.74 Å². The maximum absolute atomic E-state index is 14.0. The fourth-order valence-corrected chi connectivity index (χ4v) is 2.81. The number of morpholine rings is 1. The normalized spacial score (nSPS) is 14.2. The van der Waals surface area contributed by atoms with Gasteiger partial charge in [-0.2, -0.15) is 10.1 Å². The minimum absolute atomic E-state index is 0.214. The summed E-state index contributed by atoms with van der Waals surface area (Å²) in [7, 11) is 0. The largest absolute Gasteiger partial charge is 0.378 e. The predicted octanol–water partition coefficient (Wildman–Crippen LogP) is 3.04. The molecule has 0 spiro atoms. The summed E-state index contributed by atoms with van der Waals surface area (Å²) in [5, 5.41) is 7.36. The number of ether oxygens (including phenoxy) is 1. The van der Waals surface area contributed by atoms with E-state index < -0.39 is 5.82 Å². The fourth-order valence-electron chi connectivity index (χ4n) is 2.81. The monoisotopic (exact) mass is 393 g/mol. The number of nitrogens with one attached hydrogen (secondary N) is 2. The number of aromatic nitrogens is 3. The van der Waals surface area contributed by atoms with E-state index in [1.807, 2.05) is 47.4 Å². The fraction of sp³-hybridized carbons (Fsp3) is 0.200. The van der Waals surface area contributed by atoms with Gasteiger partial charge >= 0.3 is 0 Å². The molecule has 0 saturated carbocycles. The Morgan fingerprint density at radius 1 is 1.00 bits per heavy atom. The van der Waals surface area contributed by atoms with Gasteiger partial charge in [0, 0.05) is 18.8 Å². The summed E-state index contributed by atoms with van der Waals surface area (Å²) in [5.41, 5.74) is 5.24. The lowest BCUT2D eigenvalue weighted by atomic mass is 10.3. The molecule has 0 unspecified atom stereocenters. The number of benzene rings is 1. The van der Waals surface area contributed by atoms with Gasteiger partial charge in [0.05, 0.1) is 43.2 Å². The molecular weight excluding hydrogens is 373 g/mol. The first-order chi connectivity index (χ1) is 14.3. The van der Waals surface area contributed by atoms with Crippen LogP contribution in [0.15, 0.2) is 60.0 Å². The van der Waals surface area contributed by atoms with Crippen LogP contribution in [0.3, 0.4) is 0 Å². The highest BCUT2D eigenvalue weighted by atomic mass is 19.1. The first kappa shape index (κ1) is 18.8. The van der Waals surface area contributed by atoms with Crippen LogP contribution in [0.4, 0.5) is 27.5 Å². The van der Waals surface area contributed by atoms with Crippen molar-refractivity contribution in [1.82, 2.24) is 15.0 Å². The average Bonchev–Trinajstić information content (AvgIpc) is 2.77. The Kier molecular flexibility index (Phi) is 5.87. The van der Waals surface area contributed by atoms with Gasteiger partial charge in [-0.15, -0.1) is 0 Å². The second-order valence-corrected chi connectivity index (χ2v) is 6.30. The lowest BCUT2D eigenvalue weighted by Crippen LogP contribution is -2.37. The number of hydrogen-bond donors (Lipinski definition) is 2. The number of hydrazone groups is 1. The Labute approximate surface area is 167 Å². The Hall–Kier alpha value is -3.59. The van der Waals surface area contributed by atoms with Crippen LogP contribution in [0.5, 0.6) is 0 Å². The smallest absolute Gasteiger partial charge is 0.245 e. The van der Waals surface area contributed by atoms with E-state index >= 15 is 0 Å². The topological polar surface area (TPSA) is 87.6 Å². The van der Waals surface area contributed by atoms with Gasteiger partial charge in [0.25, 0.3) is 0 Å². The molecule has 0 aliphatic carbocycles. The summed E-state index contributed by atoms with van der Waals surface area (Å²) in [4.78, 5) is 14.3. The maximum atomic E-state index is 14.0. The van der Waals surface area contributed by atoms with E-state index in [-0.39, 0.29) is 11.8 Å². The summed E-state index contributed by atoms with van der Waals surface area (Å²) < 4.78 is 19.3. The molecule has 1 aliphatic heterocycles. The van der Waals surface area contributed by atoms with Gasteiger partial charge in [-0.3, -0.25) is 4.98 Å². The Morgan fingerprint density at radius 2 is 1.83 bits per heavy atom. The number of hydrogen-bond acceptors (Lipinski definition) is 8. The zero-order chi connectivity index (χ0) is 19.9. The molecule has 3 aromatic rings. The minimum Gasteiger partial charge on any atom is -0.378 e. The molecule has 1 aromatic carbocycles. The first-order valence-corrected chi connectivity index (χ1v) is 9.20. The van der Waals surface area contributed by atoms with Gasteiger partial charge in [0.2, 0.25) is 5.95 Å². The molecule has 8 nitrogen and oxygen atoms in total. The second kappa shape index (κ2) is 9.07. The van der Waals surface area contributed by atoms with Crippen LogP contribution >= 0.6 is 0 Å². The Morgan fingerprint density at radius 3 is 2.59 bits per heavy atom. The van der Waals surface area contributed by atoms with Crippen molar-refractivity contribution in [3.05, 3.63) is 66.4 Å². The number of pyridine rings is 1. The van der Waals surface area contributed by atoms with Gasteiger partial charge in [-0.05, 0) is 24.3 Å². The highest BCUT2D eigenvalue weighted by molar-refractivity contribution is 5.78. The number of nitrogens with zero attached hydrogens (tertiary/aromatic N) is 5. The molecule has 0 amide bonds. The van der Waals surface area contributed by atoms with E-state index in [4.69, 9.17) is 4.74 Å². The number of para-hydroxylation sites is 1. The van der Waals surface area contributed by atoms with E-state index in [1.54, 1.807) is 12.4 Å². The van der Waals surface area contributed by atoms with Crippen LogP contribution in [0.1, 0.15) is 5.69 Å². The summed E-state index contributed by atoms with van der Waals surface area (Å²) in [6, 6.07) is 13.6. The molecule has 1 fully saturated rings. The van der Waals surface area contributed by atoms with Gasteiger partial charge < -0.3 is 15.0 Å². The average molecular weight is 393 g/mol. The van der Waals surface area contributed by atoms with E-state index in [0.29, 0.717) is 32.0 Å². The standard InChI is InChI=1S/C20H20FN7O/c21-18-14-23-20(26-19(18)28-8-10-29-11-9-28)27-24-13-16-6-7-17(12-22-16)25-15-4-2-1-3-5-15/h1-7,12-14,25H,8-11H2,(H,23,26,27)/b24-13+. The van der Waals surface area contributed by atoms with Crippen LogP contribution in [-0.4, -0.2) is 47.5 Å². The maximum Gasteiger partial charge on any atom is 0.245 e. The molecule has 2 aromatic heterocycles. The molecule has 29 heavy (non-hydrogen) atoms. The molecule has 0 atom stereocenters. The van der Waals surface area contributed by atoms with E-state index in [2.05, 4.69) is 30.8 Å². The summed E-state index contributed by atoms with van der Waals surface area (Å²) >= 11 is 0. The summed E-state index contributed by atoms with van der Waals surface area (Å²) in [5.74, 6) is -0.00780. The van der Waals surface area contributed by atoms with Gasteiger partial charge in [-0.1, -0.05) is 18.2 Å². The van der Waals surface area contributed by atoms with Crippen molar-refractivity contribution in [2.75, 3.05) is 41.9 Å². The molecule has 9 heteroatoms. The molecule has 148 valence electrons. The highest BCUT2D eigenvalue weighted by Crippen LogP contribution is 2.18. The Balaban J connectivity index is 1.37. The molecule has 3 heterocycles. The van der Waals surface area contributed by atoms with E-state index in [9.17, 15) is 4.39 Å². The predicted molar refractivity (Wildman–Crippen MR) is 110 cm³/mol. The zero-order valence-electron chi connectivity index (χ0n) is 15.6. The van der Waals surface area contributed by atoms with Gasteiger partial charge in [-0.25, -0.2) is 14.8 Å². The van der Waals surface area contributed by atoms with Crippen molar-refractivity contribution in [2.45, 2.75) is 0 Å². The quantitative estimate of drug-likeness (QED) is 0.492. The second-order valence-electron chi connectivity index (χ2n) is 6.30. The highest BCUT2D eigenvalue weighted by Gasteiger charge is 2.17. The van der Waals surface area contributed by atoms with Crippen LogP contribution < -0.4 is 15.6 Å². The molecule has 1 aliphatic rings. The van der Waals surface area contributed by atoms with Crippen LogP contribution in [0.2, 0.25) is 0 Å². The van der Waals surface area contributed by atoms with Crippen molar-refractivity contribution in [3.8, 4) is 0 Å². The summed E-state index contributed by atoms with van der Waals surface area (Å²) in [6.45, 7) is 2.27. The van der Waals surface area contributed by atoms with Crippen LogP contribution in [0.25, 0.3) is 0 Å². The van der Waals surface area contributed by atoms with Crippen molar-refractivity contribution in [2.24, 2.45) is 5.10 Å². The molecule has 0 radical (unpaired) electrons. The molecule has 2 N–H and O–H groups in total. The van der Waals surface area contributed by atoms with Crippen LogP contribution in [0, 0.1) is 5.82 Å². The number of rotatable bonds is 6. The first-order valence-electron chi connectivity index (χ1n) is 9.20. The minimum atomic E-state index is -0.468. The third-order valence-corrected chi connectivity index (χ3v) is 4.25. The van der Waals surface area contributed by atoms with Gasteiger partial charge in [0.1, 0.15) is 0 Å². The van der Waals surface area contributed by atoms with Crippen molar-refractivity contribution >= 4 is 29.4 Å². The van der Waals surface area contributed by atoms with E-state index in [1.165, 1.54) is 0 Å². The third kappa shape index (κ3) is 5.02. The van der Waals surface area contributed by atoms with Gasteiger partial charge in [0.15, 0.2) is 11.6 Å². The van der Waals surface area contributed by atoms with Crippen molar-refractivity contribution in [1.29, 1.82) is 0 Å². The number of halogens is 1. The SMILES string of the molecule is Fc1cnc(N/N=C/c2ccc(Nc3ccccc3)cn2)nc1N1CCOCC1. The van der Waals surface area contributed by atoms with Crippen molar-refractivity contribution < 1.29 is 9.13 Å². The molecule has 4 rings (SSSR count). The lowest BCUT2D eigenvalue weighted by Gasteiger charge is -2.27. The lowest BCUT2D eigenvalue weighted by molar-refractivity contribution is 0.122. The van der Waals surface area contributed by atoms with E-state index in [0.717, 1.165) is 17.6 Å². The zero-order valence-corrected chi connectivity index (χ0v) is 15.6. The third-order valence-electron chi connectivity index (χ3n) is 4.25. The molecular formula is C20H20FN7O. The molecule has 0 bridgehead atoms. The number of anilines is 4. The molecule has 1 saturated heterocycles. The van der Waals surface area contributed by atoms with Crippen molar-refractivity contribution in [3.63, 3.8) is 0 Å². The summed E-state index contributed by atoms with van der Waals surface area (Å²) in [6.07, 6.45) is 4.41. The Bertz CT molecular complexity index is 960.